The molecule has 0 bridgehead atoms. The summed E-state index contributed by atoms with van der Waals surface area (Å²) in [7, 11) is -4.68. The Bertz CT molecular complexity index is 3060. The Balaban J connectivity index is 1.29. The van der Waals surface area contributed by atoms with Gasteiger partial charge < -0.3 is 15.9 Å². The van der Waals surface area contributed by atoms with Crippen LogP contribution in [0.3, 0.4) is 0 Å². The number of carbonyl (C=O) groups excluding carboxylic acids is 1. The highest BCUT2D eigenvalue weighted by Gasteiger charge is 2.21. The van der Waals surface area contributed by atoms with E-state index in [0.717, 1.165) is 16.8 Å². The molecule has 0 aliphatic heterocycles. The maximum atomic E-state index is 13.2. The van der Waals surface area contributed by atoms with Crippen LogP contribution in [0, 0.1) is 0 Å². The first-order chi connectivity index (χ1) is 28.3. The van der Waals surface area contributed by atoms with Crippen LogP contribution in [0.25, 0.3) is 27.2 Å². The highest BCUT2D eigenvalue weighted by Crippen LogP contribution is 2.46. The Morgan fingerprint density at radius 3 is 2.08 bits per heavy atom. The van der Waals surface area contributed by atoms with Crippen LogP contribution in [-0.4, -0.2) is 50.1 Å². The van der Waals surface area contributed by atoms with Crippen molar-refractivity contribution in [3.8, 4) is 11.4 Å². The molecule has 0 aliphatic rings. The summed E-state index contributed by atoms with van der Waals surface area (Å²) in [6, 6.07) is 26.7. The molecule has 7 aromatic rings. The minimum atomic E-state index is -4.68. The van der Waals surface area contributed by atoms with Crippen LogP contribution in [0.15, 0.2) is 154 Å². The van der Waals surface area contributed by atoms with Crippen LogP contribution >= 0.6 is 12.0 Å². The van der Waals surface area contributed by atoms with Gasteiger partial charge in [0.1, 0.15) is 5.69 Å². The highest BCUT2D eigenvalue weighted by atomic mass is 32.2. The number of aromatic hydroxyl groups is 1. The number of aromatic amines is 1. The summed E-state index contributed by atoms with van der Waals surface area (Å²) in [6.07, 6.45) is 0. The summed E-state index contributed by atoms with van der Waals surface area (Å²) >= 11 is 0.459. The molecule has 1 aromatic heterocycles. The molecular formula is C37H25N9O11S2. The van der Waals surface area contributed by atoms with Gasteiger partial charge >= 0.3 is 5.97 Å². The van der Waals surface area contributed by atoms with Gasteiger partial charge in [0.2, 0.25) is 5.91 Å². The van der Waals surface area contributed by atoms with Crippen LogP contribution in [0.2, 0.25) is 0 Å². The number of hydrogen-bond acceptors (Lipinski definition) is 16. The first kappa shape index (κ1) is 39.8. The number of primary amides is 1. The van der Waals surface area contributed by atoms with Crippen LogP contribution in [0.4, 0.5) is 34.1 Å². The minimum absolute atomic E-state index is 0.0504. The summed E-state index contributed by atoms with van der Waals surface area (Å²) in [4.78, 5) is 36.2. The second kappa shape index (κ2) is 16.6. The first-order valence-corrected chi connectivity index (χ1v) is 18.8. The monoisotopic (exact) mass is 835 g/mol. The number of benzene rings is 6. The van der Waals surface area contributed by atoms with Crippen LogP contribution < -0.4 is 11.3 Å². The number of phenolic OH excluding ortho intramolecular Hbond substituents is 1. The van der Waals surface area contributed by atoms with Crippen molar-refractivity contribution < 1.29 is 47.4 Å². The maximum absolute atomic E-state index is 13.2. The molecule has 0 fully saturated rings. The molecule has 1 amide bonds. The van der Waals surface area contributed by atoms with E-state index >= 15 is 0 Å². The molecule has 0 radical (unpaired) electrons. The summed E-state index contributed by atoms with van der Waals surface area (Å²) < 4.78 is 39.7. The van der Waals surface area contributed by atoms with Gasteiger partial charge in [-0.3, -0.25) is 19.2 Å². The molecule has 7 N–H and O–H groups in total. The highest BCUT2D eigenvalue weighted by molar-refractivity contribution is 7.94. The Hall–Kier alpha value is -7.47. The van der Waals surface area contributed by atoms with E-state index in [-0.39, 0.29) is 44.0 Å². The smallest absolute Gasteiger partial charge is 0.356 e. The van der Waals surface area contributed by atoms with Gasteiger partial charge in [0.15, 0.2) is 17.1 Å². The molecule has 59 heavy (non-hydrogen) atoms. The Morgan fingerprint density at radius 2 is 1.41 bits per heavy atom. The number of fused-ring (bicyclic) bond motifs is 2. The van der Waals surface area contributed by atoms with Gasteiger partial charge in [-0.1, -0.05) is 35.4 Å². The lowest BCUT2D eigenvalue weighted by atomic mass is 10.1. The lowest BCUT2D eigenvalue weighted by molar-refractivity contribution is -0.432. The number of carboxylic acids is 1. The van der Waals surface area contributed by atoms with Crippen molar-refractivity contribution in [1.82, 2.24) is 9.78 Å². The third kappa shape index (κ3) is 8.47. The number of rotatable bonds is 13. The van der Waals surface area contributed by atoms with E-state index in [1.165, 1.54) is 66.7 Å². The number of azo groups is 3. The zero-order chi connectivity index (χ0) is 41.8. The number of phenols is 1. The molecule has 0 saturated carbocycles. The van der Waals surface area contributed by atoms with E-state index < -0.39 is 49.6 Å². The summed E-state index contributed by atoms with van der Waals surface area (Å²) in [5, 5.41) is 62.4. The normalized spacial score (nSPS) is 12.1. The zero-order valence-corrected chi connectivity index (χ0v) is 31.2. The third-order valence-electron chi connectivity index (χ3n) is 8.47. The maximum Gasteiger partial charge on any atom is 0.356 e. The van der Waals surface area contributed by atoms with Crippen molar-refractivity contribution in [3.05, 3.63) is 131 Å². The van der Waals surface area contributed by atoms with Gasteiger partial charge in [-0.2, -0.15) is 18.6 Å². The predicted octanol–water partition coefficient (Wildman–Crippen LogP) is 8.90. The van der Waals surface area contributed by atoms with E-state index in [1.807, 2.05) is 0 Å². The number of aromatic nitrogens is 2. The number of nitrogens with one attached hydrogen (secondary N) is 1. The molecule has 7 rings (SSSR count). The second-order valence-corrected chi connectivity index (χ2v) is 14.3. The second-order valence-electron chi connectivity index (χ2n) is 12.1. The average molecular weight is 836 g/mol. The topological polar surface area (TPSA) is 306 Å². The summed E-state index contributed by atoms with van der Waals surface area (Å²) in [6.45, 7) is 0. The number of nitrogens with zero attached hydrogens (tertiary/aromatic N) is 7. The van der Waals surface area contributed by atoms with Crippen molar-refractivity contribution in [1.29, 1.82) is 0 Å². The van der Waals surface area contributed by atoms with Gasteiger partial charge in [-0.05, 0) is 84.2 Å². The number of carbonyl (C=O) groups is 2. The summed E-state index contributed by atoms with van der Waals surface area (Å²) in [5.74, 6) is -2.56. The number of H-pyrrole nitrogens is 1. The Labute approximate surface area is 334 Å². The molecule has 296 valence electrons. The van der Waals surface area contributed by atoms with Crippen molar-refractivity contribution in [2.45, 2.75) is 9.79 Å². The molecule has 0 saturated heterocycles. The number of hydrogen-bond donors (Lipinski definition) is 6. The molecular weight excluding hydrogens is 811 g/mol. The van der Waals surface area contributed by atoms with E-state index in [4.69, 9.17) is 11.0 Å². The number of nitrogens with two attached hydrogens (primary N) is 1. The number of amides is 1. The van der Waals surface area contributed by atoms with Gasteiger partial charge in [0, 0.05) is 21.7 Å². The quantitative estimate of drug-likeness (QED) is 0.0208. The first-order valence-electron chi connectivity index (χ1n) is 16.6. The number of carboxylic acid groups (broad SMARTS) is 1. The van der Waals surface area contributed by atoms with Gasteiger partial charge in [0.25, 0.3) is 15.7 Å². The van der Waals surface area contributed by atoms with Crippen molar-refractivity contribution in [2.24, 2.45) is 36.4 Å². The van der Waals surface area contributed by atoms with Crippen molar-refractivity contribution in [2.75, 3.05) is 0 Å². The van der Waals surface area contributed by atoms with E-state index in [1.54, 1.807) is 30.3 Å². The van der Waals surface area contributed by atoms with Crippen LogP contribution in [0.5, 0.6) is 5.75 Å². The standard InChI is InChI=1S/C37H25N9O11S2/c38-35(48)19-6-9-21(10-7-19)39-41-28-14-15-29(27-18-24(59(53,54)55)12-13-25(27)28)42-43-31-30(58-57-56-52)16-20-8-11-22(17-26(20)34(31)47)40-44-32-33(37(50)51)45-46(36(32)49)23-4-2-1-3-5-23/h1-18,45,47,52H,(H2,38,48)(H,50,51)(H,53,54,55). The van der Waals surface area contributed by atoms with Crippen molar-refractivity contribution in [3.63, 3.8) is 0 Å². The summed E-state index contributed by atoms with van der Waals surface area (Å²) in [5.41, 5.74) is 4.71. The van der Waals surface area contributed by atoms with Gasteiger partial charge in [-0.25, -0.2) is 14.7 Å². The molecule has 0 unspecified atom stereocenters. The SMILES string of the molecule is NC(=O)c1ccc(N=Nc2ccc(N=Nc3c(SOOO)cc4ccc(N=Nc5c(C(=O)O)[nH]n(-c6ccccc6)c5=O)cc4c3O)c3cc(S(=O)(=O)O)ccc23)cc1. The molecule has 0 spiro atoms. The molecule has 0 atom stereocenters. The third-order valence-corrected chi connectivity index (χ3v) is 9.94. The lowest BCUT2D eigenvalue weighted by Gasteiger charge is -2.10. The van der Waals surface area contributed by atoms with E-state index in [2.05, 4.69) is 45.2 Å². The van der Waals surface area contributed by atoms with Crippen LogP contribution in [-0.2, 0) is 19.5 Å². The minimum Gasteiger partial charge on any atom is -0.505 e. The van der Waals surface area contributed by atoms with Gasteiger partial charge in [-0.15, -0.1) is 24.8 Å². The fraction of sp³-hybridized carbons (Fsp3) is 0. The molecule has 20 nitrogen and oxygen atoms in total. The molecule has 22 heteroatoms. The Kier molecular flexibility index (Phi) is 11.2. The zero-order valence-electron chi connectivity index (χ0n) is 29.6. The molecule has 6 aromatic carbocycles. The molecule has 1 heterocycles. The fourth-order valence-electron chi connectivity index (χ4n) is 5.68. The van der Waals surface area contributed by atoms with Crippen LogP contribution in [0.1, 0.15) is 20.8 Å². The Morgan fingerprint density at radius 1 is 0.746 bits per heavy atom. The fourth-order valence-corrected chi connectivity index (χ4v) is 6.68. The number of aromatic carboxylic acids is 1. The lowest BCUT2D eigenvalue weighted by Crippen LogP contribution is -2.13. The number of para-hydroxylation sites is 1. The largest absolute Gasteiger partial charge is 0.505 e. The average Bonchev–Trinajstić information content (AvgIpc) is 3.57. The van der Waals surface area contributed by atoms with E-state index in [0.29, 0.717) is 34.2 Å². The predicted molar refractivity (Wildman–Crippen MR) is 211 cm³/mol. The van der Waals surface area contributed by atoms with Crippen molar-refractivity contribution >= 4 is 89.7 Å². The molecule has 0 aliphatic carbocycles. The van der Waals surface area contributed by atoms with E-state index in [9.17, 15) is 37.6 Å². The van der Waals surface area contributed by atoms with Gasteiger partial charge in [0.05, 0.1) is 50.3 Å².